The third-order valence-electron chi connectivity index (χ3n) is 9.63. The van der Waals surface area contributed by atoms with Gasteiger partial charge in [-0.1, -0.05) is 54.3 Å². The molecule has 188 valence electrons. The van der Waals surface area contributed by atoms with Crippen LogP contribution in [0.3, 0.4) is 0 Å². The molecule has 35 heavy (non-hydrogen) atoms. The first kappa shape index (κ1) is 24.5. The number of halogens is 5. The smallest absolute Gasteiger partial charge is 0.383 e. The molecular formula is C28H29F5O2. The zero-order chi connectivity index (χ0) is 25.4. The molecule has 4 aliphatic rings. The van der Waals surface area contributed by atoms with Gasteiger partial charge in [-0.25, -0.2) is 0 Å². The Hall–Kier alpha value is -2.20. The van der Waals surface area contributed by atoms with Crippen LogP contribution in [0, 0.1) is 41.4 Å². The average Bonchev–Trinajstić information content (AvgIpc) is 3.09. The van der Waals surface area contributed by atoms with Crippen molar-refractivity contribution >= 4 is 5.78 Å². The molecule has 1 aromatic rings. The van der Waals surface area contributed by atoms with Crippen LogP contribution in [-0.4, -0.2) is 28.6 Å². The zero-order valence-electron chi connectivity index (χ0n) is 19.5. The monoisotopic (exact) mass is 492 g/mol. The van der Waals surface area contributed by atoms with Crippen LogP contribution in [0.2, 0.25) is 0 Å². The summed E-state index contributed by atoms with van der Waals surface area (Å²) in [7, 11) is 0. The second kappa shape index (κ2) is 7.90. The summed E-state index contributed by atoms with van der Waals surface area (Å²) < 4.78 is 70.1. The minimum atomic E-state index is -5.86. The maximum Gasteiger partial charge on any atom is 0.456 e. The molecule has 3 fully saturated rings. The average molecular weight is 493 g/mol. The third kappa shape index (κ3) is 3.28. The van der Waals surface area contributed by atoms with Gasteiger partial charge in [0, 0.05) is 30.1 Å². The summed E-state index contributed by atoms with van der Waals surface area (Å²) >= 11 is 0. The number of terminal acetylenes is 1. The fourth-order valence-electron chi connectivity index (χ4n) is 8.07. The molecule has 7 atom stereocenters. The van der Waals surface area contributed by atoms with E-state index in [9.17, 15) is 31.9 Å². The summed E-state index contributed by atoms with van der Waals surface area (Å²) in [5.74, 6) is -4.01. The van der Waals surface area contributed by atoms with Crippen LogP contribution < -0.4 is 0 Å². The Morgan fingerprint density at radius 3 is 2.34 bits per heavy atom. The summed E-state index contributed by atoms with van der Waals surface area (Å²) in [5, 5.41) is 11.1. The molecule has 1 N–H and O–H groups in total. The highest BCUT2D eigenvalue weighted by Crippen LogP contribution is 2.69. The molecule has 0 saturated heterocycles. The van der Waals surface area contributed by atoms with Crippen molar-refractivity contribution in [2.24, 2.45) is 29.1 Å². The third-order valence-corrected chi connectivity index (χ3v) is 9.63. The summed E-state index contributed by atoms with van der Waals surface area (Å²) in [6.07, 6.45) is 1.37. The Labute approximate surface area is 202 Å². The highest BCUT2D eigenvalue weighted by molar-refractivity contribution is 5.82. The molecule has 5 rings (SSSR count). The number of ketones is 1. The lowest BCUT2D eigenvalue weighted by Crippen LogP contribution is -2.65. The molecule has 4 aliphatic carbocycles. The Bertz CT molecular complexity index is 1100. The van der Waals surface area contributed by atoms with Gasteiger partial charge in [0.15, 0.2) is 0 Å². The predicted molar refractivity (Wildman–Crippen MR) is 120 cm³/mol. The van der Waals surface area contributed by atoms with E-state index in [1.165, 1.54) is 6.92 Å². The number of Topliss-reactive ketones (excluding diaryl/α,β-unsaturated/α-hetero) is 1. The topological polar surface area (TPSA) is 37.3 Å². The molecule has 7 unspecified atom stereocenters. The van der Waals surface area contributed by atoms with Crippen LogP contribution in [0.25, 0.3) is 0 Å². The number of carbonyl (C=O) groups excluding carboxylic acids is 1. The van der Waals surface area contributed by atoms with Crippen molar-refractivity contribution in [1.82, 2.24) is 0 Å². The van der Waals surface area contributed by atoms with E-state index in [-0.39, 0.29) is 36.4 Å². The fraction of sp³-hybridized carbons (Fsp3) is 0.607. The Morgan fingerprint density at radius 2 is 1.71 bits per heavy atom. The van der Waals surface area contributed by atoms with Crippen LogP contribution in [0.5, 0.6) is 0 Å². The Morgan fingerprint density at radius 1 is 1.03 bits per heavy atom. The van der Waals surface area contributed by atoms with E-state index in [1.54, 1.807) is 0 Å². The summed E-state index contributed by atoms with van der Waals surface area (Å²) in [6, 6.07) is 9.63. The van der Waals surface area contributed by atoms with Crippen molar-refractivity contribution in [1.29, 1.82) is 0 Å². The van der Waals surface area contributed by atoms with Gasteiger partial charge in [-0.3, -0.25) is 4.79 Å². The minimum absolute atomic E-state index is 0.00446. The van der Waals surface area contributed by atoms with Crippen LogP contribution in [-0.2, 0) is 4.79 Å². The van der Waals surface area contributed by atoms with Crippen molar-refractivity contribution in [3.05, 3.63) is 47.0 Å². The fourth-order valence-corrected chi connectivity index (χ4v) is 8.07. The van der Waals surface area contributed by atoms with Crippen LogP contribution >= 0.6 is 0 Å². The molecule has 0 spiro atoms. The maximum absolute atomic E-state index is 14.8. The second-order valence-electron chi connectivity index (χ2n) is 11.1. The normalized spacial score (nSPS) is 39.5. The lowest BCUT2D eigenvalue weighted by molar-refractivity contribution is -0.362. The predicted octanol–water partition coefficient (Wildman–Crippen LogP) is 6.45. The van der Waals surface area contributed by atoms with Crippen LogP contribution in [0.1, 0.15) is 63.4 Å². The molecular weight excluding hydrogens is 463 g/mol. The lowest BCUT2D eigenvalue weighted by Gasteiger charge is -2.56. The highest BCUT2D eigenvalue weighted by Gasteiger charge is 2.79. The molecule has 0 bridgehead atoms. The standard InChI is InChI=1S/C28H29F5O2/c1-3-16-15-25(2)22(11-12-26(25,35)27(29,30)28(31,32)33)20-10-9-18-13-19(34)14-21(24(18)23(16)20)17-7-5-4-6-8-17/h1,4-8,16,18,20-22,35H,9-15H2,2H3. The molecule has 0 radical (unpaired) electrons. The van der Waals surface area contributed by atoms with Crippen molar-refractivity contribution in [2.45, 2.75) is 75.5 Å². The molecule has 0 heterocycles. The molecule has 0 amide bonds. The number of hydrogen-bond acceptors (Lipinski definition) is 2. The van der Waals surface area contributed by atoms with Gasteiger partial charge in [-0.05, 0) is 55.4 Å². The van der Waals surface area contributed by atoms with Crippen molar-refractivity contribution in [2.75, 3.05) is 0 Å². The molecule has 0 aliphatic heterocycles. The molecule has 1 aromatic carbocycles. The van der Waals surface area contributed by atoms with Crippen molar-refractivity contribution < 1.29 is 31.9 Å². The number of aliphatic hydroxyl groups is 1. The first-order valence-corrected chi connectivity index (χ1v) is 12.3. The van der Waals surface area contributed by atoms with Gasteiger partial charge in [0.1, 0.15) is 11.4 Å². The Balaban J connectivity index is 1.65. The lowest BCUT2D eigenvalue weighted by atomic mass is 9.49. The zero-order valence-corrected chi connectivity index (χ0v) is 19.5. The highest BCUT2D eigenvalue weighted by atomic mass is 19.4. The number of alkyl halides is 5. The van der Waals surface area contributed by atoms with Gasteiger partial charge in [-0.15, -0.1) is 6.42 Å². The number of fused-ring (bicyclic) bond motifs is 4. The summed E-state index contributed by atoms with van der Waals surface area (Å²) in [5.41, 5.74) is -1.85. The van der Waals surface area contributed by atoms with Crippen LogP contribution in [0.4, 0.5) is 22.0 Å². The maximum atomic E-state index is 14.8. The molecule has 2 nitrogen and oxygen atoms in total. The molecule has 0 aromatic heterocycles. The minimum Gasteiger partial charge on any atom is -0.383 e. The number of rotatable bonds is 2. The number of allylic oxidation sites excluding steroid dienone is 2. The van der Waals surface area contributed by atoms with Crippen molar-refractivity contribution in [3.63, 3.8) is 0 Å². The van der Waals surface area contributed by atoms with Crippen LogP contribution in [0.15, 0.2) is 41.5 Å². The van der Waals surface area contributed by atoms with E-state index < -0.39 is 41.4 Å². The molecule has 7 heteroatoms. The van der Waals surface area contributed by atoms with Gasteiger partial charge < -0.3 is 5.11 Å². The summed E-state index contributed by atoms with van der Waals surface area (Å²) in [4.78, 5) is 12.7. The quantitative estimate of drug-likeness (QED) is 0.293. The van der Waals surface area contributed by atoms with Gasteiger partial charge in [0.25, 0.3) is 0 Å². The van der Waals surface area contributed by atoms with E-state index >= 15 is 0 Å². The van der Waals surface area contributed by atoms with Gasteiger partial charge in [-0.2, -0.15) is 22.0 Å². The second-order valence-corrected chi connectivity index (χ2v) is 11.1. The van der Waals surface area contributed by atoms with Gasteiger partial charge in [0.2, 0.25) is 0 Å². The largest absolute Gasteiger partial charge is 0.456 e. The number of benzene rings is 1. The SMILES string of the molecule is C#CC1CC2(C)C(CCC2(O)C(F)(F)C(F)(F)F)C2CCC3CC(=O)CC(c4ccccc4)C3=C12. The number of hydrogen-bond donors (Lipinski definition) is 1. The van der Waals surface area contributed by atoms with Gasteiger partial charge >= 0.3 is 12.1 Å². The molecule has 3 saturated carbocycles. The first-order valence-electron chi connectivity index (χ1n) is 12.3. The van der Waals surface area contributed by atoms with E-state index in [1.807, 2.05) is 30.3 Å². The number of carbonyl (C=O) groups is 1. The first-order chi connectivity index (χ1) is 16.4. The van der Waals surface area contributed by atoms with E-state index in [2.05, 4.69) is 5.92 Å². The van der Waals surface area contributed by atoms with E-state index in [4.69, 9.17) is 6.42 Å². The van der Waals surface area contributed by atoms with Crippen molar-refractivity contribution in [3.8, 4) is 12.3 Å². The van der Waals surface area contributed by atoms with Gasteiger partial charge in [0.05, 0.1) is 0 Å². The Kier molecular flexibility index (Phi) is 5.53. The van der Waals surface area contributed by atoms with E-state index in [0.29, 0.717) is 25.7 Å². The summed E-state index contributed by atoms with van der Waals surface area (Å²) in [6.45, 7) is 1.38. The van der Waals surface area contributed by atoms with E-state index in [0.717, 1.165) is 16.7 Å².